The van der Waals surface area contributed by atoms with Crippen LogP contribution in [0.5, 0.6) is 11.5 Å². The second kappa shape index (κ2) is 5.49. The topological polar surface area (TPSA) is 107 Å². The van der Waals surface area contributed by atoms with E-state index in [0.29, 0.717) is 0 Å². The number of hydrogen-bond donors (Lipinski definition) is 4. The Morgan fingerprint density at radius 3 is 2.38 bits per heavy atom. The highest BCUT2D eigenvalue weighted by Crippen LogP contribution is 2.28. The van der Waals surface area contributed by atoms with Crippen molar-refractivity contribution in [1.29, 1.82) is 0 Å². The van der Waals surface area contributed by atoms with E-state index in [4.69, 9.17) is 5.11 Å². The van der Waals surface area contributed by atoms with Crippen molar-refractivity contribution in [1.82, 2.24) is 0 Å². The van der Waals surface area contributed by atoms with Gasteiger partial charge in [0.05, 0.1) is 11.3 Å². The number of rotatable bonds is 3. The first-order chi connectivity index (χ1) is 9.90. The molecule has 0 aliphatic carbocycles. The van der Waals surface area contributed by atoms with Gasteiger partial charge in [0.25, 0.3) is 5.91 Å². The zero-order valence-electron chi connectivity index (χ0n) is 10.5. The molecule has 0 saturated carbocycles. The molecule has 21 heavy (non-hydrogen) atoms. The summed E-state index contributed by atoms with van der Waals surface area (Å²) in [6, 6.07) is 6.62. The van der Waals surface area contributed by atoms with Gasteiger partial charge in [0.15, 0.2) is 5.75 Å². The van der Waals surface area contributed by atoms with Gasteiger partial charge in [-0.1, -0.05) is 6.07 Å². The highest BCUT2D eigenvalue weighted by atomic mass is 19.1. The van der Waals surface area contributed by atoms with Gasteiger partial charge in [-0.05, 0) is 24.3 Å². The lowest BCUT2D eigenvalue weighted by molar-refractivity contribution is 0.0693. The second-order valence-electron chi connectivity index (χ2n) is 4.12. The van der Waals surface area contributed by atoms with Crippen LogP contribution >= 0.6 is 0 Å². The molecule has 0 bridgehead atoms. The fourth-order valence-electron chi connectivity index (χ4n) is 1.70. The number of nitrogens with one attached hydrogen (secondary N) is 1. The molecule has 2 aromatic carbocycles. The van der Waals surface area contributed by atoms with E-state index in [1.54, 1.807) is 0 Å². The second-order valence-corrected chi connectivity index (χ2v) is 4.12. The number of amides is 1. The third kappa shape index (κ3) is 2.92. The van der Waals surface area contributed by atoms with E-state index in [0.717, 1.165) is 18.2 Å². The SMILES string of the molecule is O=C(Nc1cccc(C(=O)O)c1O)c1ccc(F)cc1O. The fraction of sp³-hybridized carbons (Fsp3) is 0. The Morgan fingerprint density at radius 1 is 1.05 bits per heavy atom. The van der Waals surface area contributed by atoms with Crippen molar-refractivity contribution in [3.63, 3.8) is 0 Å². The number of halogens is 1. The van der Waals surface area contributed by atoms with Crippen LogP contribution in [0.4, 0.5) is 10.1 Å². The molecule has 7 heteroatoms. The number of phenolic OH excluding ortho intramolecular Hbond substituents is 1. The number of aromatic hydroxyl groups is 2. The Bertz CT molecular complexity index is 729. The maximum Gasteiger partial charge on any atom is 0.339 e. The van der Waals surface area contributed by atoms with Crippen molar-refractivity contribution < 1.29 is 29.3 Å². The molecule has 0 saturated heterocycles. The van der Waals surface area contributed by atoms with Crippen LogP contribution in [0.2, 0.25) is 0 Å². The summed E-state index contributed by atoms with van der Waals surface area (Å²) in [5.41, 5.74) is -0.726. The summed E-state index contributed by atoms with van der Waals surface area (Å²) in [6.45, 7) is 0. The Hall–Kier alpha value is -3.09. The van der Waals surface area contributed by atoms with E-state index in [-0.39, 0.29) is 16.8 Å². The quantitative estimate of drug-likeness (QED) is 0.648. The number of anilines is 1. The maximum atomic E-state index is 12.8. The first-order valence-corrected chi connectivity index (χ1v) is 5.75. The van der Waals surface area contributed by atoms with Crippen LogP contribution in [0, 0.1) is 5.82 Å². The lowest BCUT2D eigenvalue weighted by atomic mass is 10.1. The van der Waals surface area contributed by atoms with E-state index < -0.39 is 29.2 Å². The lowest BCUT2D eigenvalue weighted by Gasteiger charge is -2.10. The summed E-state index contributed by atoms with van der Waals surface area (Å²) >= 11 is 0. The average molecular weight is 291 g/mol. The van der Waals surface area contributed by atoms with E-state index in [9.17, 15) is 24.2 Å². The zero-order valence-corrected chi connectivity index (χ0v) is 10.5. The molecule has 0 radical (unpaired) electrons. The molecule has 2 aromatic rings. The van der Waals surface area contributed by atoms with Crippen LogP contribution in [-0.4, -0.2) is 27.2 Å². The molecule has 108 valence electrons. The van der Waals surface area contributed by atoms with Crippen molar-refractivity contribution in [2.24, 2.45) is 0 Å². The largest absolute Gasteiger partial charge is 0.507 e. The van der Waals surface area contributed by atoms with Gasteiger partial charge in [-0.3, -0.25) is 4.79 Å². The summed E-state index contributed by atoms with van der Waals surface area (Å²) < 4.78 is 12.8. The number of aromatic carboxylic acids is 1. The molecular weight excluding hydrogens is 281 g/mol. The molecule has 0 atom stereocenters. The van der Waals surface area contributed by atoms with Crippen LogP contribution in [0.3, 0.4) is 0 Å². The molecule has 6 nitrogen and oxygen atoms in total. The number of carbonyl (C=O) groups is 2. The van der Waals surface area contributed by atoms with Gasteiger partial charge in [0, 0.05) is 6.07 Å². The van der Waals surface area contributed by atoms with Crippen LogP contribution in [-0.2, 0) is 0 Å². The number of benzene rings is 2. The Morgan fingerprint density at radius 2 is 1.76 bits per heavy atom. The van der Waals surface area contributed by atoms with Gasteiger partial charge >= 0.3 is 5.97 Å². The van der Waals surface area contributed by atoms with E-state index >= 15 is 0 Å². The minimum absolute atomic E-state index is 0.136. The van der Waals surface area contributed by atoms with Crippen LogP contribution in [0.25, 0.3) is 0 Å². The molecule has 4 N–H and O–H groups in total. The molecule has 0 spiro atoms. The monoisotopic (exact) mass is 291 g/mol. The lowest BCUT2D eigenvalue weighted by Crippen LogP contribution is -2.13. The molecule has 0 aliphatic heterocycles. The molecule has 2 rings (SSSR count). The highest BCUT2D eigenvalue weighted by molar-refractivity contribution is 6.07. The minimum atomic E-state index is -1.35. The van der Waals surface area contributed by atoms with Gasteiger partial charge in [-0.15, -0.1) is 0 Å². The van der Waals surface area contributed by atoms with Crippen LogP contribution < -0.4 is 5.32 Å². The van der Waals surface area contributed by atoms with Gasteiger partial charge in [0.2, 0.25) is 0 Å². The third-order valence-corrected chi connectivity index (χ3v) is 2.72. The summed E-state index contributed by atoms with van der Waals surface area (Å²) in [5, 5.41) is 30.4. The fourth-order valence-corrected chi connectivity index (χ4v) is 1.70. The van der Waals surface area contributed by atoms with Gasteiger partial charge in [-0.2, -0.15) is 0 Å². The standard InChI is InChI=1S/C14H10FNO5/c15-7-4-5-8(11(17)6-7)13(19)16-10-3-1-2-9(12(10)18)14(20)21/h1-6,17-18H,(H,16,19)(H,20,21). The van der Waals surface area contributed by atoms with E-state index in [1.165, 1.54) is 18.2 Å². The predicted molar refractivity (Wildman–Crippen MR) is 71.1 cm³/mol. The number of carboxylic acid groups (broad SMARTS) is 1. The summed E-state index contributed by atoms with van der Waals surface area (Å²) in [6.07, 6.45) is 0. The normalized spacial score (nSPS) is 10.1. The van der Waals surface area contributed by atoms with E-state index in [1.807, 2.05) is 0 Å². The molecule has 0 aromatic heterocycles. The maximum absolute atomic E-state index is 12.8. The number of carboxylic acids is 1. The minimum Gasteiger partial charge on any atom is -0.507 e. The van der Waals surface area contributed by atoms with Gasteiger partial charge in [0.1, 0.15) is 17.1 Å². The summed E-state index contributed by atoms with van der Waals surface area (Å²) in [5.74, 6) is -4.06. The van der Waals surface area contributed by atoms with E-state index in [2.05, 4.69) is 5.32 Å². The summed E-state index contributed by atoms with van der Waals surface area (Å²) in [4.78, 5) is 22.8. The first kappa shape index (κ1) is 14.3. The first-order valence-electron chi connectivity index (χ1n) is 5.75. The van der Waals surface area contributed by atoms with Crippen LogP contribution in [0.1, 0.15) is 20.7 Å². The van der Waals surface area contributed by atoms with Crippen molar-refractivity contribution >= 4 is 17.6 Å². The van der Waals surface area contributed by atoms with Crippen molar-refractivity contribution in [3.05, 3.63) is 53.3 Å². The number of phenols is 2. The van der Waals surface area contributed by atoms with Crippen molar-refractivity contribution in [3.8, 4) is 11.5 Å². The van der Waals surface area contributed by atoms with Crippen molar-refractivity contribution in [2.75, 3.05) is 5.32 Å². The molecule has 0 heterocycles. The zero-order chi connectivity index (χ0) is 15.6. The molecule has 0 aliphatic rings. The third-order valence-electron chi connectivity index (χ3n) is 2.72. The number of carbonyl (C=O) groups excluding carboxylic acids is 1. The predicted octanol–water partition coefficient (Wildman–Crippen LogP) is 2.19. The summed E-state index contributed by atoms with van der Waals surface area (Å²) in [7, 11) is 0. The molecule has 0 unspecified atom stereocenters. The number of hydrogen-bond acceptors (Lipinski definition) is 4. The Balaban J connectivity index is 2.32. The molecule has 1 amide bonds. The average Bonchev–Trinajstić information content (AvgIpc) is 2.40. The number of para-hydroxylation sites is 1. The highest BCUT2D eigenvalue weighted by Gasteiger charge is 2.17. The Kier molecular flexibility index (Phi) is 3.75. The molecular formula is C14H10FNO5. The van der Waals surface area contributed by atoms with Gasteiger partial charge in [-0.25, -0.2) is 9.18 Å². The molecule has 0 fully saturated rings. The smallest absolute Gasteiger partial charge is 0.339 e. The van der Waals surface area contributed by atoms with Gasteiger partial charge < -0.3 is 20.6 Å². The van der Waals surface area contributed by atoms with Crippen molar-refractivity contribution in [2.45, 2.75) is 0 Å². The van der Waals surface area contributed by atoms with Crippen LogP contribution in [0.15, 0.2) is 36.4 Å². The Labute approximate surface area is 118 Å².